The number of methoxy groups -OCH3 is 3. The van der Waals surface area contributed by atoms with Gasteiger partial charge in [-0.15, -0.1) is 0 Å². The molecule has 0 aromatic heterocycles. The predicted octanol–water partition coefficient (Wildman–Crippen LogP) is 0.423. The maximum absolute atomic E-state index is 11.3. The van der Waals surface area contributed by atoms with E-state index in [9.17, 15) is 9.59 Å². The average Bonchev–Trinajstić information content (AvgIpc) is 3.02. The van der Waals surface area contributed by atoms with E-state index in [1.165, 1.54) is 21.3 Å². The van der Waals surface area contributed by atoms with Gasteiger partial charge in [-0.3, -0.25) is 9.80 Å². The molecule has 0 radical (unpaired) electrons. The van der Waals surface area contributed by atoms with E-state index in [1.807, 2.05) is 51.6 Å². The highest BCUT2D eigenvalue weighted by molar-refractivity contribution is 5.76. The van der Waals surface area contributed by atoms with Crippen molar-refractivity contribution in [2.75, 3.05) is 35.4 Å². The van der Waals surface area contributed by atoms with Gasteiger partial charge in [0.25, 0.3) is 0 Å². The first kappa shape index (κ1) is 22.8. The van der Waals surface area contributed by atoms with Gasteiger partial charge in [-0.25, -0.2) is 9.59 Å². The summed E-state index contributed by atoms with van der Waals surface area (Å²) in [4.78, 5) is 26.3. The molecule has 26 heavy (non-hydrogen) atoms. The van der Waals surface area contributed by atoms with Crippen molar-refractivity contribution in [2.24, 2.45) is 0 Å². The Morgan fingerprint density at radius 2 is 1.42 bits per heavy atom. The lowest BCUT2D eigenvalue weighted by Crippen LogP contribution is -2.40. The lowest BCUT2D eigenvalue weighted by molar-refractivity contribution is -0.182. The summed E-state index contributed by atoms with van der Waals surface area (Å²) in [6, 6.07) is 0.0276. The first-order valence-corrected chi connectivity index (χ1v) is 8.48. The molecule has 2 rings (SSSR count). The molecule has 0 amide bonds. The summed E-state index contributed by atoms with van der Waals surface area (Å²) < 4.78 is 25.2. The third-order valence-electron chi connectivity index (χ3n) is 5.06. The average molecular weight is 376 g/mol. The number of carbonyl (C=O) groups excluding carboxylic acids is 2. The minimum atomic E-state index is -0.556. The fraction of sp³-hybridized carbons (Fsp3) is 0.882. The van der Waals surface area contributed by atoms with Crippen LogP contribution in [0.2, 0.25) is 0 Å². The Balaban J connectivity index is 0.000000260. The monoisotopic (exact) mass is 376 g/mol. The van der Waals surface area contributed by atoms with Crippen LogP contribution in [0.15, 0.2) is 0 Å². The Bertz CT molecular complexity index is 500. The molecule has 152 valence electrons. The maximum atomic E-state index is 11.3. The zero-order valence-corrected chi connectivity index (χ0v) is 17.1. The molecular formula is C17H32N2O7. The highest BCUT2D eigenvalue weighted by Gasteiger charge is 2.46. The first-order chi connectivity index (χ1) is 12.0. The summed E-state index contributed by atoms with van der Waals surface area (Å²) in [5, 5.41) is 0. The smallest absolute Gasteiger partial charge is 0.336 e. The number of esters is 2. The number of nitrogens with zero attached hydrogens (tertiary/aromatic N) is 2. The topological polar surface area (TPSA) is 86.8 Å². The Labute approximate surface area is 155 Å². The lowest BCUT2D eigenvalue weighted by atomic mass is 10.2. The van der Waals surface area contributed by atoms with Gasteiger partial charge in [-0.2, -0.15) is 0 Å². The van der Waals surface area contributed by atoms with Crippen molar-refractivity contribution in [3.8, 4) is 0 Å². The standard InChI is InChI=1S/C9H17NO3.C8H15NO4/c1-6-7(8(11)12-5)13-9(2,3)10(6)4;1-5-6(7(10)11-3)13-8(12-4)9(5)2/h6-7H,1-5H3;5-6,8H,1-4H3/t6-,7?;5-,6?,8?/m00/s1. The van der Waals surface area contributed by atoms with Crippen molar-refractivity contribution in [3.05, 3.63) is 0 Å². The summed E-state index contributed by atoms with van der Waals surface area (Å²) in [5.41, 5.74) is -0.391. The molecule has 9 nitrogen and oxygen atoms in total. The fourth-order valence-corrected chi connectivity index (χ4v) is 2.88. The van der Waals surface area contributed by atoms with Crippen LogP contribution in [-0.2, 0) is 33.3 Å². The van der Waals surface area contributed by atoms with E-state index in [4.69, 9.17) is 14.2 Å². The van der Waals surface area contributed by atoms with Crippen LogP contribution in [0.1, 0.15) is 27.7 Å². The van der Waals surface area contributed by atoms with Crippen LogP contribution in [0.5, 0.6) is 0 Å². The SMILES string of the molecule is COC(=O)C1OC(C)(C)N(C)[C@H]1C.COC(=O)C1OC(OC)N(C)[C@H]1C. The predicted molar refractivity (Wildman–Crippen MR) is 93.1 cm³/mol. The van der Waals surface area contributed by atoms with E-state index in [2.05, 4.69) is 9.47 Å². The van der Waals surface area contributed by atoms with Crippen LogP contribution >= 0.6 is 0 Å². The van der Waals surface area contributed by atoms with Gasteiger partial charge in [0.1, 0.15) is 5.72 Å². The third kappa shape index (κ3) is 4.72. The van der Waals surface area contributed by atoms with Crippen LogP contribution in [0.25, 0.3) is 0 Å². The summed E-state index contributed by atoms with van der Waals surface area (Å²) in [6.07, 6.45) is -1.48. The number of hydrogen-bond acceptors (Lipinski definition) is 9. The van der Waals surface area contributed by atoms with Crippen molar-refractivity contribution < 1.29 is 33.3 Å². The molecule has 3 unspecified atom stereocenters. The van der Waals surface area contributed by atoms with Gasteiger partial charge in [0.05, 0.1) is 14.2 Å². The second-order valence-electron chi connectivity index (χ2n) is 6.89. The quantitative estimate of drug-likeness (QED) is 0.651. The zero-order chi connectivity index (χ0) is 20.2. The summed E-state index contributed by atoms with van der Waals surface area (Å²) in [7, 11) is 8.03. The van der Waals surface area contributed by atoms with Crippen LogP contribution < -0.4 is 0 Å². The highest BCUT2D eigenvalue weighted by atomic mass is 16.7. The molecule has 0 bridgehead atoms. The molecular weight excluding hydrogens is 344 g/mol. The molecule has 0 aromatic rings. The van der Waals surface area contributed by atoms with E-state index >= 15 is 0 Å². The van der Waals surface area contributed by atoms with E-state index in [0.717, 1.165) is 0 Å². The second-order valence-corrected chi connectivity index (χ2v) is 6.89. The van der Waals surface area contributed by atoms with Gasteiger partial charge in [-0.05, 0) is 41.8 Å². The third-order valence-corrected chi connectivity index (χ3v) is 5.06. The largest absolute Gasteiger partial charge is 0.467 e. The van der Waals surface area contributed by atoms with Crippen LogP contribution in [-0.4, -0.2) is 93.6 Å². The van der Waals surface area contributed by atoms with Crippen molar-refractivity contribution in [2.45, 2.75) is 64.1 Å². The molecule has 0 saturated carbocycles. The molecule has 0 aromatic carbocycles. The molecule has 2 aliphatic heterocycles. The van der Waals surface area contributed by atoms with Crippen LogP contribution in [0.3, 0.4) is 0 Å². The van der Waals surface area contributed by atoms with Crippen molar-refractivity contribution in [3.63, 3.8) is 0 Å². The minimum Gasteiger partial charge on any atom is -0.467 e. The molecule has 2 aliphatic rings. The normalized spacial score (nSPS) is 34.1. The maximum Gasteiger partial charge on any atom is 0.336 e. The number of rotatable bonds is 3. The van der Waals surface area contributed by atoms with Crippen molar-refractivity contribution in [1.29, 1.82) is 0 Å². The Morgan fingerprint density at radius 1 is 0.923 bits per heavy atom. The van der Waals surface area contributed by atoms with Gasteiger partial charge in [-0.1, -0.05) is 0 Å². The Morgan fingerprint density at radius 3 is 1.77 bits per heavy atom. The number of ether oxygens (including phenoxy) is 5. The van der Waals surface area contributed by atoms with Gasteiger partial charge in [0.2, 0.25) is 6.41 Å². The van der Waals surface area contributed by atoms with Gasteiger partial charge >= 0.3 is 11.9 Å². The second kappa shape index (κ2) is 9.09. The summed E-state index contributed by atoms with van der Waals surface area (Å²) in [5.74, 6) is -0.663. The molecule has 0 N–H and O–H groups in total. The number of likely N-dealkylation sites (N-methyl/N-ethyl adjacent to an activating group) is 2. The van der Waals surface area contributed by atoms with E-state index in [0.29, 0.717) is 0 Å². The minimum absolute atomic E-state index is 0.0302. The highest BCUT2D eigenvalue weighted by Crippen LogP contribution is 2.30. The molecule has 2 heterocycles. The van der Waals surface area contributed by atoms with Gasteiger partial charge < -0.3 is 23.7 Å². The first-order valence-electron chi connectivity index (χ1n) is 8.48. The zero-order valence-electron chi connectivity index (χ0n) is 17.1. The van der Waals surface area contributed by atoms with Crippen molar-refractivity contribution in [1.82, 2.24) is 9.80 Å². The van der Waals surface area contributed by atoms with E-state index < -0.39 is 24.3 Å². The molecule has 0 aliphatic carbocycles. The summed E-state index contributed by atoms with van der Waals surface area (Å²) in [6.45, 7) is 7.72. The molecule has 9 heteroatoms. The van der Waals surface area contributed by atoms with Crippen LogP contribution in [0.4, 0.5) is 0 Å². The molecule has 5 atom stereocenters. The van der Waals surface area contributed by atoms with E-state index in [1.54, 1.807) is 0 Å². The Kier molecular flexibility index (Phi) is 7.97. The molecule has 2 fully saturated rings. The number of carbonyl (C=O) groups is 2. The van der Waals surface area contributed by atoms with E-state index in [-0.39, 0.29) is 24.0 Å². The molecule has 0 spiro atoms. The fourth-order valence-electron chi connectivity index (χ4n) is 2.88. The molecule has 2 saturated heterocycles. The van der Waals surface area contributed by atoms with Gasteiger partial charge in [0.15, 0.2) is 12.2 Å². The summed E-state index contributed by atoms with van der Waals surface area (Å²) >= 11 is 0. The lowest BCUT2D eigenvalue weighted by Gasteiger charge is -2.27. The number of hydrogen-bond donors (Lipinski definition) is 0. The van der Waals surface area contributed by atoms with Crippen LogP contribution in [0, 0.1) is 0 Å². The Hall–Kier alpha value is -1.26. The van der Waals surface area contributed by atoms with Gasteiger partial charge in [0, 0.05) is 19.2 Å². The van der Waals surface area contributed by atoms with Crippen molar-refractivity contribution >= 4 is 11.9 Å².